The van der Waals surface area contributed by atoms with E-state index in [2.05, 4.69) is 228 Å². The lowest BCUT2D eigenvalue weighted by atomic mass is 9.89. The highest BCUT2D eigenvalue weighted by Gasteiger charge is 2.29. The molecule has 11 aromatic rings. The molecule has 0 heterocycles. The zero-order chi connectivity index (χ0) is 37.0. The van der Waals surface area contributed by atoms with Crippen molar-refractivity contribution in [3.05, 3.63) is 218 Å². The first kappa shape index (κ1) is 32.0. The van der Waals surface area contributed by atoms with E-state index in [-0.39, 0.29) is 0 Å². The summed E-state index contributed by atoms with van der Waals surface area (Å²) < 4.78 is 0. The van der Waals surface area contributed by atoms with E-state index >= 15 is 0 Å². The lowest BCUT2D eigenvalue weighted by molar-refractivity contribution is 1.25. The van der Waals surface area contributed by atoms with Crippen LogP contribution in [0.5, 0.6) is 0 Å². The first-order valence-corrected chi connectivity index (χ1v) is 19.3. The van der Waals surface area contributed by atoms with E-state index in [1.54, 1.807) is 0 Å². The van der Waals surface area contributed by atoms with Crippen LogP contribution in [0.4, 0.5) is 34.1 Å². The molecule has 0 radical (unpaired) electrons. The van der Waals surface area contributed by atoms with Crippen LogP contribution < -0.4 is 9.80 Å². The van der Waals surface area contributed by atoms with Gasteiger partial charge in [-0.1, -0.05) is 170 Å². The van der Waals surface area contributed by atoms with E-state index in [1.807, 2.05) is 0 Å². The molecule has 0 fully saturated rings. The normalized spacial score (nSPS) is 11.6. The van der Waals surface area contributed by atoms with Crippen molar-refractivity contribution < 1.29 is 0 Å². The number of hydrogen-bond acceptors (Lipinski definition) is 2. The molecule has 0 unspecified atom stereocenters. The molecule has 0 aliphatic heterocycles. The Morgan fingerprint density at radius 3 is 0.982 bits per heavy atom. The summed E-state index contributed by atoms with van der Waals surface area (Å²) in [5.74, 6) is 0. The molecule has 0 spiro atoms. The largest absolute Gasteiger partial charge is 0.308 e. The van der Waals surface area contributed by atoms with Crippen molar-refractivity contribution in [2.75, 3.05) is 9.80 Å². The van der Waals surface area contributed by atoms with Gasteiger partial charge in [0.2, 0.25) is 0 Å². The Bertz CT molecular complexity index is 3040. The molecule has 0 aromatic heterocycles. The maximum absolute atomic E-state index is 2.49. The summed E-state index contributed by atoms with van der Waals surface area (Å²) in [6.07, 6.45) is 0. The fourth-order valence-corrected chi connectivity index (χ4v) is 8.78. The number of hydrogen-bond donors (Lipinski definition) is 0. The van der Waals surface area contributed by atoms with Crippen molar-refractivity contribution in [2.45, 2.75) is 0 Å². The predicted octanol–water partition coefficient (Wildman–Crippen LogP) is 15.5. The van der Waals surface area contributed by atoms with Gasteiger partial charge in [-0.25, -0.2) is 0 Å². The number of benzene rings is 11. The van der Waals surface area contributed by atoms with Crippen molar-refractivity contribution in [1.82, 2.24) is 0 Å². The molecule has 0 saturated heterocycles. The van der Waals surface area contributed by atoms with Crippen molar-refractivity contribution in [3.8, 4) is 0 Å². The van der Waals surface area contributed by atoms with Gasteiger partial charge in [-0.05, 0) is 91.6 Å². The molecule has 0 bridgehead atoms. The zero-order valence-corrected chi connectivity index (χ0v) is 30.7. The number of para-hydroxylation sites is 2. The Morgan fingerprint density at radius 2 is 0.554 bits per heavy atom. The SMILES string of the molecule is c1ccc(N(c2ccc3ccccc3c2)c2c(N(c3ccccc3)c3ccc4ccccc4c3)c3ccc4ccccc4c3c3c2ccc2ccccc23)cc1. The zero-order valence-electron chi connectivity index (χ0n) is 30.7. The molecular weight excluding hydrogens is 677 g/mol. The van der Waals surface area contributed by atoms with Gasteiger partial charge in [0.25, 0.3) is 0 Å². The molecule has 0 aliphatic rings. The molecule has 262 valence electrons. The van der Waals surface area contributed by atoms with Gasteiger partial charge < -0.3 is 9.80 Å². The number of fused-ring (bicyclic) bond motifs is 9. The molecule has 2 nitrogen and oxygen atoms in total. The maximum Gasteiger partial charge on any atom is 0.0788 e. The summed E-state index contributed by atoms with van der Waals surface area (Å²) in [7, 11) is 0. The highest BCUT2D eigenvalue weighted by molar-refractivity contribution is 6.35. The smallest absolute Gasteiger partial charge is 0.0788 e. The topological polar surface area (TPSA) is 6.48 Å². The van der Waals surface area contributed by atoms with Crippen LogP contribution in [0.15, 0.2) is 218 Å². The summed E-state index contributed by atoms with van der Waals surface area (Å²) >= 11 is 0. The second-order valence-electron chi connectivity index (χ2n) is 14.5. The van der Waals surface area contributed by atoms with Gasteiger partial charge in [0.1, 0.15) is 0 Å². The molecule has 56 heavy (non-hydrogen) atoms. The highest BCUT2D eigenvalue weighted by atomic mass is 15.2. The van der Waals surface area contributed by atoms with Crippen molar-refractivity contribution in [3.63, 3.8) is 0 Å². The van der Waals surface area contributed by atoms with Gasteiger partial charge in [0, 0.05) is 44.3 Å². The third kappa shape index (κ3) is 5.19. The van der Waals surface area contributed by atoms with Crippen molar-refractivity contribution >= 4 is 98.8 Å². The molecule has 0 aliphatic carbocycles. The second-order valence-corrected chi connectivity index (χ2v) is 14.5. The fourth-order valence-electron chi connectivity index (χ4n) is 8.78. The average molecular weight is 713 g/mol. The summed E-state index contributed by atoms with van der Waals surface area (Å²) in [5, 5.41) is 14.6. The lowest BCUT2D eigenvalue weighted by Crippen LogP contribution is -2.18. The van der Waals surface area contributed by atoms with Crippen molar-refractivity contribution in [2.24, 2.45) is 0 Å². The van der Waals surface area contributed by atoms with Crippen LogP contribution in [-0.4, -0.2) is 0 Å². The quantitative estimate of drug-likeness (QED) is 0.125. The van der Waals surface area contributed by atoms with E-state index in [1.165, 1.54) is 64.6 Å². The third-order valence-electron chi connectivity index (χ3n) is 11.3. The van der Waals surface area contributed by atoms with E-state index in [0.29, 0.717) is 0 Å². The first-order chi connectivity index (χ1) is 27.8. The van der Waals surface area contributed by atoms with Gasteiger partial charge in [0.15, 0.2) is 0 Å². The molecule has 0 atom stereocenters. The lowest BCUT2D eigenvalue weighted by Gasteiger charge is -2.36. The standard InChI is InChI=1S/C54H36N2/c1-3-21-43(22-4-1)55(45-31-27-37-15-7-9-19-41(37)35-45)53-49-33-29-39-17-11-13-25-47(39)51(49)52-48-26-14-12-18-40(48)30-34-50(52)54(53)56(44-23-5-2-6-24-44)46-32-28-38-16-8-10-20-42(38)36-46/h1-36H. The number of rotatable bonds is 6. The van der Waals surface area contributed by atoms with Crippen LogP contribution in [0, 0.1) is 0 Å². The average Bonchev–Trinajstić information content (AvgIpc) is 3.27. The van der Waals surface area contributed by atoms with Gasteiger partial charge in [0.05, 0.1) is 11.4 Å². The Labute approximate surface area is 325 Å². The van der Waals surface area contributed by atoms with Gasteiger partial charge in [-0.15, -0.1) is 0 Å². The highest BCUT2D eigenvalue weighted by Crippen LogP contribution is 2.55. The fraction of sp³-hybridized carbons (Fsp3) is 0. The van der Waals surface area contributed by atoms with Crippen LogP contribution >= 0.6 is 0 Å². The van der Waals surface area contributed by atoms with Crippen LogP contribution in [0.1, 0.15) is 0 Å². The first-order valence-electron chi connectivity index (χ1n) is 19.3. The van der Waals surface area contributed by atoms with E-state index in [9.17, 15) is 0 Å². The van der Waals surface area contributed by atoms with Gasteiger partial charge >= 0.3 is 0 Å². The molecule has 0 amide bonds. The maximum atomic E-state index is 2.49. The minimum Gasteiger partial charge on any atom is -0.308 e. The molecule has 0 N–H and O–H groups in total. The van der Waals surface area contributed by atoms with Crippen LogP contribution in [0.2, 0.25) is 0 Å². The molecule has 0 saturated carbocycles. The van der Waals surface area contributed by atoms with E-state index < -0.39 is 0 Å². The molecule has 2 heteroatoms. The Morgan fingerprint density at radius 1 is 0.214 bits per heavy atom. The molecule has 11 rings (SSSR count). The van der Waals surface area contributed by atoms with Gasteiger partial charge in [-0.3, -0.25) is 0 Å². The summed E-state index contributed by atoms with van der Waals surface area (Å²) in [6, 6.07) is 79.8. The second kappa shape index (κ2) is 13.2. The Balaban J connectivity index is 1.39. The minimum atomic E-state index is 1.09. The summed E-state index contributed by atoms with van der Waals surface area (Å²) in [5.41, 5.74) is 6.60. The van der Waals surface area contributed by atoms with E-state index in [4.69, 9.17) is 0 Å². The predicted molar refractivity (Wildman–Crippen MR) is 241 cm³/mol. The summed E-state index contributed by atoms with van der Waals surface area (Å²) in [6.45, 7) is 0. The van der Waals surface area contributed by atoms with Crippen LogP contribution in [0.25, 0.3) is 64.6 Å². The third-order valence-corrected chi connectivity index (χ3v) is 11.3. The Hall–Kier alpha value is -7.42. The Kier molecular flexibility index (Phi) is 7.53. The summed E-state index contributed by atoms with van der Waals surface area (Å²) in [4.78, 5) is 4.98. The van der Waals surface area contributed by atoms with Crippen LogP contribution in [0.3, 0.4) is 0 Å². The van der Waals surface area contributed by atoms with E-state index in [0.717, 1.165) is 34.1 Å². The van der Waals surface area contributed by atoms with Gasteiger partial charge in [-0.2, -0.15) is 0 Å². The minimum absolute atomic E-state index is 1.09. The molecular formula is C54H36N2. The molecule has 11 aromatic carbocycles. The van der Waals surface area contributed by atoms with Crippen molar-refractivity contribution in [1.29, 1.82) is 0 Å². The number of anilines is 6. The monoisotopic (exact) mass is 712 g/mol. The van der Waals surface area contributed by atoms with Crippen LogP contribution in [-0.2, 0) is 0 Å². The number of nitrogens with zero attached hydrogens (tertiary/aromatic N) is 2.